The number of anilines is 1. The molecule has 1 aromatic carbocycles. The van der Waals surface area contributed by atoms with Crippen LogP contribution in [0, 0.1) is 5.41 Å². The van der Waals surface area contributed by atoms with Crippen LogP contribution < -0.4 is 10.1 Å². The summed E-state index contributed by atoms with van der Waals surface area (Å²) in [4.78, 5) is 12.1. The maximum absolute atomic E-state index is 12.1. The molecule has 22 heavy (non-hydrogen) atoms. The highest BCUT2D eigenvalue weighted by Gasteiger charge is 2.26. The van der Waals surface area contributed by atoms with Crippen LogP contribution in [-0.4, -0.2) is 23.2 Å². The zero-order valence-electron chi connectivity index (χ0n) is 13.3. The zero-order chi connectivity index (χ0) is 16.2. The van der Waals surface area contributed by atoms with Crippen molar-refractivity contribution < 1.29 is 9.53 Å². The number of ether oxygens (including phenoxy) is 1. The molecule has 0 aliphatic heterocycles. The van der Waals surface area contributed by atoms with Gasteiger partial charge in [0.1, 0.15) is 10.8 Å². The lowest BCUT2D eigenvalue weighted by Crippen LogP contribution is -2.29. The van der Waals surface area contributed by atoms with Gasteiger partial charge in [-0.15, -0.1) is 10.2 Å². The lowest BCUT2D eigenvalue weighted by molar-refractivity contribution is -0.124. The highest BCUT2D eigenvalue weighted by molar-refractivity contribution is 7.15. The van der Waals surface area contributed by atoms with Gasteiger partial charge in [0.2, 0.25) is 11.0 Å². The Morgan fingerprint density at radius 2 is 1.95 bits per heavy atom. The van der Waals surface area contributed by atoms with Gasteiger partial charge in [0.15, 0.2) is 0 Å². The Balaban J connectivity index is 2.00. The van der Waals surface area contributed by atoms with Crippen molar-refractivity contribution in [2.24, 2.45) is 5.41 Å². The summed E-state index contributed by atoms with van der Waals surface area (Å²) >= 11 is 1.41. The highest BCUT2D eigenvalue weighted by Crippen LogP contribution is 2.25. The minimum atomic E-state index is -0.401. The minimum absolute atomic E-state index is 0.0258. The maximum Gasteiger partial charge on any atom is 0.231 e. The molecule has 0 aliphatic carbocycles. The molecule has 1 aromatic heterocycles. The Morgan fingerprint density at radius 1 is 1.27 bits per heavy atom. The van der Waals surface area contributed by atoms with Crippen molar-refractivity contribution in [3.05, 3.63) is 34.8 Å². The molecule has 5 nitrogen and oxygen atoms in total. The molecule has 2 aromatic rings. The van der Waals surface area contributed by atoms with E-state index in [9.17, 15) is 4.79 Å². The van der Waals surface area contributed by atoms with Crippen molar-refractivity contribution in [2.45, 2.75) is 33.6 Å². The molecule has 0 fully saturated rings. The Labute approximate surface area is 134 Å². The largest absolute Gasteiger partial charge is 0.497 e. The van der Waals surface area contributed by atoms with Gasteiger partial charge < -0.3 is 10.1 Å². The van der Waals surface area contributed by atoms with Gasteiger partial charge in [0.05, 0.1) is 7.11 Å². The van der Waals surface area contributed by atoms with Gasteiger partial charge in [-0.1, -0.05) is 44.2 Å². The highest BCUT2D eigenvalue weighted by atomic mass is 32.1. The molecule has 1 N–H and O–H groups in total. The topological polar surface area (TPSA) is 64.1 Å². The Bertz CT molecular complexity index is 635. The zero-order valence-corrected chi connectivity index (χ0v) is 14.2. The fourth-order valence-electron chi connectivity index (χ4n) is 1.72. The lowest BCUT2D eigenvalue weighted by atomic mass is 9.89. The Morgan fingerprint density at radius 3 is 2.55 bits per heavy atom. The quantitative estimate of drug-likeness (QED) is 0.885. The van der Waals surface area contributed by atoms with Gasteiger partial charge in [-0.25, -0.2) is 0 Å². The summed E-state index contributed by atoms with van der Waals surface area (Å²) in [5.41, 5.74) is 0.727. The standard InChI is InChI=1S/C16H21N3O2S/c1-5-16(2,3)14(20)17-15-19-18-13(22-15)10-11-6-8-12(21-4)9-7-11/h6-9H,5,10H2,1-4H3,(H,17,19,20). The monoisotopic (exact) mass is 319 g/mol. The van der Waals surface area contributed by atoms with Gasteiger partial charge in [-0.05, 0) is 24.1 Å². The number of carbonyl (C=O) groups excluding carboxylic acids is 1. The normalized spacial score (nSPS) is 11.3. The van der Waals surface area contributed by atoms with Crippen LogP contribution in [0.25, 0.3) is 0 Å². The summed E-state index contributed by atoms with van der Waals surface area (Å²) in [5, 5.41) is 12.4. The molecule has 0 unspecified atom stereocenters. The molecule has 2 rings (SSSR count). The van der Waals surface area contributed by atoms with Crippen LogP contribution in [0.15, 0.2) is 24.3 Å². The minimum Gasteiger partial charge on any atom is -0.497 e. The SMILES string of the molecule is CCC(C)(C)C(=O)Nc1nnc(Cc2ccc(OC)cc2)s1. The van der Waals surface area contributed by atoms with Crippen LogP contribution in [0.4, 0.5) is 5.13 Å². The number of nitrogens with one attached hydrogen (secondary N) is 1. The first-order valence-corrected chi connectivity index (χ1v) is 8.03. The van der Waals surface area contributed by atoms with E-state index in [1.165, 1.54) is 11.3 Å². The van der Waals surface area contributed by atoms with Crippen LogP contribution in [0.5, 0.6) is 5.75 Å². The van der Waals surface area contributed by atoms with Gasteiger partial charge in [-0.3, -0.25) is 4.79 Å². The van der Waals surface area contributed by atoms with E-state index in [2.05, 4.69) is 15.5 Å². The van der Waals surface area contributed by atoms with Crippen LogP contribution in [0.1, 0.15) is 37.8 Å². The van der Waals surface area contributed by atoms with E-state index in [0.29, 0.717) is 11.6 Å². The molecule has 0 bridgehead atoms. The van der Waals surface area contributed by atoms with Crippen LogP contribution in [-0.2, 0) is 11.2 Å². The molecule has 0 spiro atoms. The van der Waals surface area contributed by atoms with Gasteiger partial charge in [0, 0.05) is 11.8 Å². The molecule has 0 radical (unpaired) electrons. The number of methoxy groups -OCH3 is 1. The molecule has 1 heterocycles. The van der Waals surface area contributed by atoms with Crippen LogP contribution >= 0.6 is 11.3 Å². The van der Waals surface area contributed by atoms with Crippen molar-refractivity contribution in [3.63, 3.8) is 0 Å². The van der Waals surface area contributed by atoms with E-state index >= 15 is 0 Å². The van der Waals surface area contributed by atoms with Crippen molar-refractivity contribution in [2.75, 3.05) is 12.4 Å². The number of nitrogens with zero attached hydrogens (tertiary/aromatic N) is 2. The van der Waals surface area contributed by atoms with Crippen molar-refractivity contribution in [1.29, 1.82) is 0 Å². The molecule has 0 atom stereocenters. The number of benzene rings is 1. The molecule has 0 saturated carbocycles. The maximum atomic E-state index is 12.1. The predicted octanol–water partition coefficient (Wildman–Crippen LogP) is 3.51. The van der Waals surface area contributed by atoms with Crippen LogP contribution in [0.3, 0.4) is 0 Å². The van der Waals surface area contributed by atoms with E-state index < -0.39 is 5.41 Å². The van der Waals surface area contributed by atoms with Crippen LogP contribution in [0.2, 0.25) is 0 Å². The van der Waals surface area contributed by atoms with Crippen molar-refractivity contribution in [3.8, 4) is 5.75 Å². The fourth-order valence-corrected chi connectivity index (χ4v) is 2.49. The molecule has 6 heteroatoms. The second kappa shape index (κ2) is 6.87. The smallest absolute Gasteiger partial charge is 0.231 e. The predicted molar refractivity (Wildman–Crippen MR) is 88.4 cm³/mol. The molecule has 0 saturated heterocycles. The third kappa shape index (κ3) is 4.04. The first-order valence-electron chi connectivity index (χ1n) is 7.21. The number of amides is 1. The number of hydrogen-bond donors (Lipinski definition) is 1. The summed E-state index contributed by atoms with van der Waals surface area (Å²) in [7, 11) is 1.65. The fraction of sp³-hybridized carbons (Fsp3) is 0.438. The molecule has 118 valence electrons. The lowest BCUT2D eigenvalue weighted by Gasteiger charge is -2.20. The van der Waals surface area contributed by atoms with E-state index in [0.717, 1.165) is 22.7 Å². The number of hydrogen-bond acceptors (Lipinski definition) is 5. The summed E-state index contributed by atoms with van der Waals surface area (Å²) < 4.78 is 5.14. The van der Waals surface area contributed by atoms with Crippen molar-refractivity contribution >= 4 is 22.4 Å². The number of carbonyl (C=O) groups is 1. The molecule has 0 aliphatic rings. The van der Waals surface area contributed by atoms with Crippen molar-refractivity contribution in [1.82, 2.24) is 10.2 Å². The third-order valence-electron chi connectivity index (χ3n) is 3.70. The van der Waals surface area contributed by atoms with E-state index in [1.807, 2.05) is 45.0 Å². The van der Waals surface area contributed by atoms with Gasteiger partial charge in [-0.2, -0.15) is 0 Å². The number of aromatic nitrogens is 2. The first kappa shape index (κ1) is 16.4. The van der Waals surface area contributed by atoms with E-state index in [-0.39, 0.29) is 5.91 Å². The van der Waals surface area contributed by atoms with Gasteiger partial charge >= 0.3 is 0 Å². The second-order valence-electron chi connectivity index (χ2n) is 5.72. The summed E-state index contributed by atoms with van der Waals surface area (Å²) in [6.45, 7) is 5.83. The second-order valence-corrected chi connectivity index (χ2v) is 6.78. The average molecular weight is 319 g/mol. The van der Waals surface area contributed by atoms with E-state index in [4.69, 9.17) is 4.74 Å². The molecular formula is C16H21N3O2S. The Hall–Kier alpha value is -1.95. The van der Waals surface area contributed by atoms with Gasteiger partial charge in [0.25, 0.3) is 0 Å². The number of rotatable bonds is 6. The summed E-state index contributed by atoms with van der Waals surface area (Å²) in [5.74, 6) is 0.804. The molecular weight excluding hydrogens is 298 g/mol. The Kier molecular flexibility index (Phi) is 5.13. The third-order valence-corrected chi connectivity index (χ3v) is 4.54. The van der Waals surface area contributed by atoms with E-state index in [1.54, 1.807) is 7.11 Å². The molecule has 1 amide bonds. The summed E-state index contributed by atoms with van der Waals surface area (Å²) in [6, 6.07) is 7.84. The summed E-state index contributed by atoms with van der Waals surface area (Å²) in [6.07, 6.45) is 1.46. The first-order chi connectivity index (χ1) is 10.4. The average Bonchev–Trinajstić information content (AvgIpc) is 2.95.